The maximum Gasteiger partial charge on any atom is 0.417 e. The van der Waals surface area contributed by atoms with E-state index in [1.807, 2.05) is 12.1 Å². The summed E-state index contributed by atoms with van der Waals surface area (Å²) in [5.74, 6) is -0.0140. The number of benzene rings is 2. The van der Waals surface area contributed by atoms with Crippen LogP contribution in [0.5, 0.6) is 5.75 Å². The Labute approximate surface area is 167 Å². The summed E-state index contributed by atoms with van der Waals surface area (Å²) in [6.07, 6.45) is -5.09. The minimum Gasteiger partial charge on any atom is -0.481 e. The zero-order valence-corrected chi connectivity index (χ0v) is 16.9. The fraction of sp³-hybridized carbons (Fsp3) is 0.381. The highest BCUT2D eigenvalue weighted by Crippen LogP contribution is 2.36. The number of nitrogens with one attached hydrogen (secondary N) is 1. The third-order valence-corrected chi connectivity index (χ3v) is 4.53. The van der Waals surface area contributed by atoms with E-state index in [1.165, 1.54) is 6.07 Å². The van der Waals surface area contributed by atoms with Gasteiger partial charge >= 0.3 is 6.18 Å². The molecule has 0 aromatic heterocycles. The van der Waals surface area contributed by atoms with Crippen molar-refractivity contribution in [2.24, 2.45) is 0 Å². The second kappa shape index (κ2) is 8.43. The molecule has 152 valence electrons. The molecule has 0 spiro atoms. The molecule has 2 aromatic carbocycles. The van der Waals surface area contributed by atoms with Gasteiger partial charge < -0.3 is 10.1 Å². The van der Waals surface area contributed by atoms with Gasteiger partial charge in [0.1, 0.15) is 5.75 Å². The Kier molecular flexibility index (Phi) is 6.65. The molecule has 1 atom stereocenters. The van der Waals surface area contributed by atoms with Crippen LogP contribution in [0.4, 0.5) is 18.9 Å². The monoisotopic (exact) mass is 413 g/mol. The molecule has 0 fully saturated rings. The average molecular weight is 414 g/mol. The minimum absolute atomic E-state index is 0.00635. The second-order valence-electron chi connectivity index (χ2n) is 7.47. The minimum atomic E-state index is -4.60. The Hall–Kier alpha value is -2.21. The zero-order valence-electron chi connectivity index (χ0n) is 16.2. The number of halogens is 4. The quantitative estimate of drug-likeness (QED) is 0.611. The SMILES string of the molecule is CC[C@@H](Oc1ccc(C(C)(C)C)cc1)C(=O)Nc1ccc(Cl)c(C(F)(F)F)c1. The highest BCUT2D eigenvalue weighted by molar-refractivity contribution is 6.31. The highest BCUT2D eigenvalue weighted by Gasteiger charge is 2.33. The van der Waals surface area contributed by atoms with Gasteiger partial charge in [-0.3, -0.25) is 4.79 Å². The third kappa shape index (κ3) is 5.64. The molecular formula is C21H23ClF3NO2. The first kappa shape index (κ1) is 22.1. The highest BCUT2D eigenvalue weighted by atomic mass is 35.5. The molecule has 1 N–H and O–H groups in total. The Bertz CT molecular complexity index is 827. The maximum atomic E-state index is 13.0. The maximum absolute atomic E-state index is 13.0. The first-order valence-electron chi connectivity index (χ1n) is 8.86. The van der Waals surface area contributed by atoms with E-state index in [-0.39, 0.29) is 11.1 Å². The predicted molar refractivity (Wildman–Crippen MR) is 105 cm³/mol. The van der Waals surface area contributed by atoms with Crippen molar-refractivity contribution >= 4 is 23.2 Å². The van der Waals surface area contributed by atoms with Crippen molar-refractivity contribution in [1.29, 1.82) is 0 Å². The second-order valence-corrected chi connectivity index (χ2v) is 7.88. The number of hydrogen-bond donors (Lipinski definition) is 1. The number of amides is 1. The van der Waals surface area contributed by atoms with Gasteiger partial charge in [0.05, 0.1) is 10.6 Å². The summed E-state index contributed by atoms with van der Waals surface area (Å²) in [7, 11) is 0. The molecule has 3 nitrogen and oxygen atoms in total. The number of anilines is 1. The lowest BCUT2D eigenvalue weighted by atomic mass is 9.87. The largest absolute Gasteiger partial charge is 0.481 e. The lowest BCUT2D eigenvalue weighted by molar-refractivity contribution is -0.137. The van der Waals surface area contributed by atoms with Crippen molar-refractivity contribution in [2.45, 2.75) is 51.8 Å². The van der Waals surface area contributed by atoms with E-state index in [0.29, 0.717) is 12.2 Å². The van der Waals surface area contributed by atoms with Crippen molar-refractivity contribution in [3.63, 3.8) is 0 Å². The summed E-state index contributed by atoms with van der Waals surface area (Å²) in [6, 6.07) is 10.6. The van der Waals surface area contributed by atoms with Crippen molar-refractivity contribution in [2.75, 3.05) is 5.32 Å². The smallest absolute Gasteiger partial charge is 0.417 e. The first-order chi connectivity index (χ1) is 12.9. The van der Waals surface area contributed by atoms with E-state index in [1.54, 1.807) is 19.1 Å². The first-order valence-corrected chi connectivity index (χ1v) is 9.24. The van der Waals surface area contributed by atoms with Crippen molar-refractivity contribution < 1.29 is 22.7 Å². The van der Waals surface area contributed by atoms with E-state index in [2.05, 4.69) is 26.1 Å². The van der Waals surface area contributed by atoms with Crippen LogP contribution < -0.4 is 10.1 Å². The molecule has 0 aliphatic rings. The Balaban J connectivity index is 2.12. The Morgan fingerprint density at radius 3 is 2.21 bits per heavy atom. The van der Waals surface area contributed by atoms with Gasteiger partial charge in [-0.15, -0.1) is 0 Å². The van der Waals surface area contributed by atoms with Gasteiger partial charge in [-0.25, -0.2) is 0 Å². The van der Waals surface area contributed by atoms with E-state index >= 15 is 0 Å². The molecule has 0 aliphatic carbocycles. The fourth-order valence-corrected chi connectivity index (χ4v) is 2.79. The van der Waals surface area contributed by atoms with E-state index < -0.39 is 28.8 Å². The molecule has 0 bridgehead atoms. The van der Waals surface area contributed by atoms with E-state index in [0.717, 1.165) is 17.7 Å². The molecule has 2 aromatic rings. The molecule has 0 heterocycles. The molecule has 0 radical (unpaired) electrons. The summed E-state index contributed by atoms with van der Waals surface area (Å²) in [6.45, 7) is 8.03. The lowest BCUT2D eigenvalue weighted by Gasteiger charge is -2.21. The Morgan fingerprint density at radius 2 is 1.71 bits per heavy atom. The molecule has 7 heteroatoms. The van der Waals surface area contributed by atoms with Crippen LogP contribution in [0.2, 0.25) is 5.02 Å². The van der Waals surface area contributed by atoms with Gasteiger partial charge in [-0.2, -0.15) is 13.2 Å². The Morgan fingerprint density at radius 1 is 1.11 bits per heavy atom. The number of alkyl halides is 3. The van der Waals surface area contributed by atoms with E-state index in [4.69, 9.17) is 16.3 Å². The number of carbonyl (C=O) groups excluding carboxylic acids is 1. The molecular weight excluding hydrogens is 391 g/mol. The van der Waals surface area contributed by atoms with Crippen LogP contribution in [0.15, 0.2) is 42.5 Å². The topological polar surface area (TPSA) is 38.3 Å². The summed E-state index contributed by atoms with van der Waals surface area (Å²) >= 11 is 5.60. The normalized spacial score (nSPS) is 13.1. The van der Waals surface area contributed by atoms with Gasteiger partial charge in [0.15, 0.2) is 6.10 Å². The molecule has 0 unspecified atom stereocenters. The summed E-state index contributed by atoms with van der Waals surface area (Å²) in [5, 5.41) is 2.04. The molecule has 1 amide bonds. The van der Waals surface area contributed by atoms with Crippen LogP contribution in [0.25, 0.3) is 0 Å². The van der Waals surface area contributed by atoms with Gasteiger partial charge in [0.25, 0.3) is 5.91 Å². The van der Waals surface area contributed by atoms with E-state index in [9.17, 15) is 18.0 Å². The van der Waals surface area contributed by atoms with Crippen molar-refractivity contribution in [3.05, 3.63) is 58.6 Å². The zero-order chi connectivity index (χ0) is 21.1. The number of rotatable bonds is 5. The summed E-state index contributed by atoms with van der Waals surface area (Å²) in [5.41, 5.74) is 0.119. The van der Waals surface area contributed by atoms with Crippen LogP contribution in [-0.2, 0) is 16.4 Å². The fourth-order valence-electron chi connectivity index (χ4n) is 2.56. The van der Waals surface area contributed by atoms with Gasteiger partial charge in [-0.05, 0) is 47.7 Å². The standard InChI is InChI=1S/C21H23ClF3NO2/c1-5-18(28-15-9-6-13(7-10-15)20(2,3)4)19(27)26-14-8-11-17(22)16(12-14)21(23,24)25/h6-12,18H,5H2,1-4H3,(H,26,27)/t18-/m1/s1. The predicted octanol–water partition coefficient (Wildman–Crippen LogP) is 6.45. The summed E-state index contributed by atoms with van der Waals surface area (Å²) < 4.78 is 44.6. The van der Waals surface area contributed by atoms with Crippen LogP contribution in [0.3, 0.4) is 0 Å². The van der Waals surface area contributed by atoms with Crippen LogP contribution in [0, 0.1) is 0 Å². The lowest BCUT2D eigenvalue weighted by Crippen LogP contribution is -2.32. The average Bonchev–Trinajstić information content (AvgIpc) is 2.59. The van der Waals surface area contributed by atoms with Crippen molar-refractivity contribution in [1.82, 2.24) is 0 Å². The number of ether oxygens (including phenoxy) is 1. The molecule has 0 saturated carbocycles. The van der Waals surface area contributed by atoms with Gasteiger partial charge in [0.2, 0.25) is 0 Å². The third-order valence-electron chi connectivity index (χ3n) is 4.20. The number of hydrogen-bond acceptors (Lipinski definition) is 2. The van der Waals surface area contributed by atoms with Gasteiger partial charge in [-0.1, -0.05) is 51.4 Å². The molecule has 0 saturated heterocycles. The molecule has 28 heavy (non-hydrogen) atoms. The van der Waals surface area contributed by atoms with Crippen LogP contribution >= 0.6 is 11.6 Å². The van der Waals surface area contributed by atoms with Crippen molar-refractivity contribution in [3.8, 4) is 5.75 Å². The molecule has 0 aliphatic heterocycles. The summed E-state index contributed by atoms with van der Waals surface area (Å²) in [4.78, 5) is 12.5. The molecule has 2 rings (SSSR count). The van der Waals surface area contributed by atoms with Crippen LogP contribution in [-0.4, -0.2) is 12.0 Å². The van der Waals surface area contributed by atoms with Gasteiger partial charge in [0, 0.05) is 5.69 Å². The van der Waals surface area contributed by atoms with Crippen LogP contribution in [0.1, 0.15) is 45.2 Å². The number of carbonyl (C=O) groups is 1.